The minimum Gasteiger partial charge on any atom is -0.264 e. The largest absolute Gasteiger partial charge is 0.264 e. The lowest BCUT2D eigenvalue weighted by Gasteiger charge is -2.04. The van der Waals surface area contributed by atoms with Gasteiger partial charge in [0.2, 0.25) is 0 Å². The molecule has 2 rings (SSSR count). The molecule has 84 valence electrons. The highest BCUT2D eigenvalue weighted by Crippen LogP contribution is 2.20. The maximum atomic E-state index is 6.10. The van der Waals surface area contributed by atoms with E-state index in [2.05, 4.69) is 33.2 Å². The predicted molar refractivity (Wildman–Crippen MR) is 70.0 cm³/mol. The molecule has 16 heavy (non-hydrogen) atoms. The summed E-state index contributed by atoms with van der Waals surface area (Å²) in [6.07, 6.45) is 0. The molecule has 0 amide bonds. The average Bonchev–Trinajstić information content (AvgIpc) is 2.47. The molecule has 0 aliphatic carbocycles. The Kier molecular flexibility index (Phi) is 3.36. The standard InChI is InChI=1S/C12H12BrClN2/c1-8-12(14)9(2)16(15-8)7-10-4-3-5-11(13)6-10/h3-6H,7H2,1-2H3. The molecule has 1 aromatic heterocycles. The number of aryl methyl sites for hydroxylation is 1. The first kappa shape index (κ1) is 11.7. The lowest BCUT2D eigenvalue weighted by atomic mass is 10.2. The lowest BCUT2D eigenvalue weighted by Crippen LogP contribution is -2.03. The molecule has 1 heterocycles. The summed E-state index contributed by atoms with van der Waals surface area (Å²) in [7, 11) is 0. The number of benzene rings is 1. The van der Waals surface area contributed by atoms with Gasteiger partial charge < -0.3 is 0 Å². The van der Waals surface area contributed by atoms with E-state index in [0.29, 0.717) is 0 Å². The highest BCUT2D eigenvalue weighted by atomic mass is 79.9. The van der Waals surface area contributed by atoms with E-state index >= 15 is 0 Å². The molecular weight excluding hydrogens is 288 g/mol. The van der Waals surface area contributed by atoms with E-state index in [0.717, 1.165) is 27.4 Å². The Morgan fingerprint density at radius 2 is 2.12 bits per heavy atom. The molecule has 1 aromatic carbocycles. The average molecular weight is 300 g/mol. The third kappa shape index (κ3) is 2.30. The van der Waals surface area contributed by atoms with Crippen LogP contribution in [-0.2, 0) is 6.54 Å². The van der Waals surface area contributed by atoms with Gasteiger partial charge in [-0.05, 0) is 31.5 Å². The van der Waals surface area contributed by atoms with Crippen molar-refractivity contribution in [3.05, 3.63) is 50.7 Å². The highest BCUT2D eigenvalue weighted by molar-refractivity contribution is 9.10. The molecule has 0 saturated carbocycles. The molecule has 4 heteroatoms. The molecule has 0 fully saturated rings. The molecule has 2 nitrogen and oxygen atoms in total. The van der Waals surface area contributed by atoms with Crippen molar-refractivity contribution in [2.45, 2.75) is 20.4 Å². The van der Waals surface area contributed by atoms with E-state index in [1.807, 2.05) is 30.7 Å². The van der Waals surface area contributed by atoms with Crippen molar-refractivity contribution in [1.82, 2.24) is 9.78 Å². The smallest absolute Gasteiger partial charge is 0.0844 e. The third-order valence-corrected chi connectivity index (χ3v) is 3.55. The molecule has 0 aliphatic rings. The second-order valence-electron chi connectivity index (χ2n) is 3.77. The monoisotopic (exact) mass is 298 g/mol. The summed E-state index contributed by atoms with van der Waals surface area (Å²) in [5.41, 5.74) is 3.10. The number of rotatable bonds is 2. The quantitative estimate of drug-likeness (QED) is 0.820. The van der Waals surface area contributed by atoms with Crippen molar-refractivity contribution < 1.29 is 0 Å². The van der Waals surface area contributed by atoms with Gasteiger partial charge in [0.15, 0.2) is 0 Å². The summed E-state index contributed by atoms with van der Waals surface area (Å²) in [5.74, 6) is 0. The molecule has 0 spiro atoms. The topological polar surface area (TPSA) is 17.8 Å². The molecule has 0 unspecified atom stereocenters. The first-order valence-corrected chi connectivity index (χ1v) is 6.19. The van der Waals surface area contributed by atoms with Crippen molar-refractivity contribution in [2.75, 3.05) is 0 Å². The van der Waals surface area contributed by atoms with Crippen molar-refractivity contribution in [2.24, 2.45) is 0 Å². The van der Waals surface area contributed by atoms with Crippen molar-refractivity contribution in [1.29, 1.82) is 0 Å². The lowest BCUT2D eigenvalue weighted by molar-refractivity contribution is 0.659. The summed E-state index contributed by atoms with van der Waals surface area (Å²) in [5, 5.41) is 5.16. The van der Waals surface area contributed by atoms with Gasteiger partial charge in [0.25, 0.3) is 0 Å². The van der Waals surface area contributed by atoms with E-state index in [9.17, 15) is 0 Å². The molecule has 0 radical (unpaired) electrons. The van der Waals surface area contributed by atoms with E-state index in [4.69, 9.17) is 11.6 Å². The zero-order chi connectivity index (χ0) is 11.7. The van der Waals surface area contributed by atoms with Crippen LogP contribution in [0.25, 0.3) is 0 Å². The molecule has 0 aliphatic heterocycles. The summed E-state index contributed by atoms with van der Waals surface area (Å²) >= 11 is 9.56. The van der Waals surface area contributed by atoms with Crippen LogP contribution in [-0.4, -0.2) is 9.78 Å². The Labute approximate surface area is 108 Å². The van der Waals surface area contributed by atoms with Gasteiger partial charge in [0.1, 0.15) is 0 Å². The van der Waals surface area contributed by atoms with E-state index in [-0.39, 0.29) is 0 Å². The Hall–Kier alpha value is -0.800. The van der Waals surface area contributed by atoms with E-state index < -0.39 is 0 Å². The molecular formula is C12H12BrClN2. The second-order valence-corrected chi connectivity index (χ2v) is 5.07. The van der Waals surface area contributed by atoms with Gasteiger partial charge in [-0.3, -0.25) is 4.68 Å². The molecule has 0 bridgehead atoms. The van der Waals surface area contributed by atoms with Crippen LogP contribution in [0.5, 0.6) is 0 Å². The van der Waals surface area contributed by atoms with Gasteiger partial charge in [-0.1, -0.05) is 39.7 Å². The summed E-state index contributed by atoms with van der Waals surface area (Å²) < 4.78 is 3.01. The predicted octanol–water partition coefficient (Wildman–Crippen LogP) is 3.96. The van der Waals surface area contributed by atoms with Crippen LogP contribution in [0, 0.1) is 13.8 Å². The van der Waals surface area contributed by atoms with Gasteiger partial charge in [-0.15, -0.1) is 0 Å². The van der Waals surface area contributed by atoms with Crippen LogP contribution in [0.15, 0.2) is 28.7 Å². The third-order valence-electron chi connectivity index (χ3n) is 2.51. The fraction of sp³-hybridized carbons (Fsp3) is 0.250. The van der Waals surface area contributed by atoms with Crippen LogP contribution in [0.1, 0.15) is 17.0 Å². The van der Waals surface area contributed by atoms with Crippen LogP contribution < -0.4 is 0 Å². The van der Waals surface area contributed by atoms with Gasteiger partial charge >= 0.3 is 0 Å². The van der Waals surface area contributed by atoms with Gasteiger partial charge in [0, 0.05) is 4.47 Å². The second kappa shape index (κ2) is 4.60. The fourth-order valence-electron chi connectivity index (χ4n) is 1.64. The zero-order valence-corrected chi connectivity index (χ0v) is 11.5. The number of halogens is 2. The molecule has 0 saturated heterocycles. The Balaban J connectivity index is 2.30. The summed E-state index contributed by atoms with van der Waals surface area (Å²) in [6.45, 7) is 4.66. The minimum atomic E-state index is 0.749. The molecule has 0 atom stereocenters. The summed E-state index contributed by atoms with van der Waals surface area (Å²) in [4.78, 5) is 0. The number of hydrogen-bond donors (Lipinski definition) is 0. The van der Waals surface area contributed by atoms with E-state index in [1.54, 1.807) is 0 Å². The Bertz CT molecular complexity index is 520. The summed E-state index contributed by atoms with van der Waals surface area (Å²) in [6, 6.07) is 8.20. The first-order chi connectivity index (χ1) is 7.58. The van der Waals surface area contributed by atoms with Crippen LogP contribution in [0.4, 0.5) is 0 Å². The Morgan fingerprint density at radius 3 is 2.69 bits per heavy atom. The maximum Gasteiger partial charge on any atom is 0.0844 e. The Morgan fingerprint density at radius 1 is 1.38 bits per heavy atom. The van der Waals surface area contributed by atoms with Crippen LogP contribution in [0.3, 0.4) is 0 Å². The molecule has 2 aromatic rings. The molecule has 0 N–H and O–H groups in total. The van der Waals surface area contributed by atoms with Crippen molar-refractivity contribution in [3.63, 3.8) is 0 Å². The van der Waals surface area contributed by atoms with Crippen molar-refractivity contribution in [3.8, 4) is 0 Å². The normalized spacial score (nSPS) is 10.8. The van der Waals surface area contributed by atoms with Gasteiger partial charge in [0.05, 0.1) is 23.0 Å². The first-order valence-electron chi connectivity index (χ1n) is 5.02. The zero-order valence-electron chi connectivity index (χ0n) is 9.17. The SMILES string of the molecule is Cc1nn(Cc2cccc(Br)c2)c(C)c1Cl. The number of hydrogen-bond acceptors (Lipinski definition) is 1. The number of aromatic nitrogens is 2. The van der Waals surface area contributed by atoms with Gasteiger partial charge in [-0.25, -0.2) is 0 Å². The number of nitrogens with zero attached hydrogens (tertiary/aromatic N) is 2. The highest BCUT2D eigenvalue weighted by Gasteiger charge is 2.09. The van der Waals surface area contributed by atoms with Crippen LogP contribution >= 0.6 is 27.5 Å². The van der Waals surface area contributed by atoms with Gasteiger partial charge in [-0.2, -0.15) is 5.10 Å². The van der Waals surface area contributed by atoms with Crippen LogP contribution in [0.2, 0.25) is 5.02 Å². The van der Waals surface area contributed by atoms with E-state index in [1.165, 1.54) is 5.56 Å². The minimum absolute atomic E-state index is 0.749. The maximum absolute atomic E-state index is 6.10. The fourth-order valence-corrected chi connectivity index (χ4v) is 2.22. The van der Waals surface area contributed by atoms with Crippen molar-refractivity contribution >= 4 is 27.5 Å².